The number of nitrogens with zero attached hydrogens (tertiary/aromatic N) is 2. The molecule has 0 aromatic heterocycles. The molecule has 1 N–H and O–H groups in total. The molecule has 0 spiro atoms. The van der Waals surface area contributed by atoms with E-state index in [-0.39, 0.29) is 17.8 Å². The molecule has 0 unspecified atom stereocenters. The van der Waals surface area contributed by atoms with Crippen molar-refractivity contribution in [2.75, 3.05) is 25.0 Å². The summed E-state index contributed by atoms with van der Waals surface area (Å²) in [7, 11) is 0. The van der Waals surface area contributed by atoms with Crippen LogP contribution in [0.3, 0.4) is 0 Å². The topological polar surface area (TPSA) is 35.6 Å². The third-order valence-corrected chi connectivity index (χ3v) is 5.47. The highest BCUT2D eigenvalue weighted by molar-refractivity contribution is 5.89. The third kappa shape index (κ3) is 4.11. The Hall–Kier alpha value is -2.47. The molecule has 0 aliphatic carbocycles. The number of piperidine rings is 1. The van der Waals surface area contributed by atoms with E-state index >= 15 is 0 Å². The second-order valence-corrected chi connectivity index (χ2v) is 7.48. The first-order valence-corrected chi connectivity index (χ1v) is 9.37. The highest BCUT2D eigenvalue weighted by atomic mass is 19.1. The average Bonchev–Trinajstić information content (AvgIpc) is 2.95. The first-order valence-electron chi connectivity index (χ1n) is 9.37. The first-order chi connectivity index (χ1) is 13.1. The van der Waals surface area contributed by atoms with Crippen LogP contribution in [0.1, 0.15) is 18.4 Å². The standard InChI is InChI=1S/C21H23F2N3O/c22-17-7-9-20(19(23)10-17)24-21(27)26-13-16-6-8-18(26)14-25(12-16)11-15-4-2-1-3-5-15/h1-5,7,9-10,16,18H,6,8,11-14H2,(H,24,27)/t16-,18+/m1/s1. The Morgan fingerprint density at radius 2 is 1.85 bits per heavy atom. The maximum atomic E-state index is 13.9. The van der Waals surface area contributed by atoms with Crippen molar-refractivity contribution in [3.63, 3.8) is 0 Å². The predicted molar refractivity (Wildman–Crippen MR) is 100 cm³/mol. The van der Waals surface area contributed by atoms with Gasteiger partial charge in [0, 0.05) is 38.3 Å². The van der Waals surface area contributed by atoms with Crippen molar-refractivity contribution in [3.8, 4) is 0 Å². The molecule has 2 aromatic carbocycles. The van der Waals surface area contributed by atoms with Gasteiger partial charge in [-0.1, -0.05) is 30.3 Å². The number of halogens is 2. The minimum Gasteiger partial charge on any atom is -0.320 e. The number of fused-ring (bicyclic) bond motifs is 4. The lowest BCUT2D eigenvalue weighted by Gasteiger charge is -2.36. The van der Waals surface area contributed by atoms with Crippen molar-refractivity contribution in [2.24, 2.45) is 5.92 Å². The number of anilines is 1. The normalized spacial score (nSPS) is 22.5. The van der Waals surface area contributed by atoms with Gasteiger partial charge in [-0.3, -0.25) is 4.90 Å². The van der Waals surface area contributed by atoms with Crippen molar-refractivity contribution in [3.05, 3.63) is 65.7 Å². The lowest BCUT2D eigenvalue weighted by Crippen LogP contribution is -2.49. The van der Waals surface area contributed by atoms with E-state index in [2.05, 4.69) is 22.3 Å². The number of nitrogens with one attached hydrogen (secondary N) is 1. The fourth-order valence-corrected chi connectivity index (χ4v) is 4.18. The van der Waals surface area contributed by atoms with Crippen molar-refractivity contribution in [1.82, 2.24) is 9.80 Å². The van der Waals surface area contributed by atoms with Gasteiger partial charge in [0.05, 0.1) is 5.69 Å². The molecule has 4 nitrogen and oxygen atoms in total. The van der Waals surface area contributed by atoms with Crippen molar-refractivity contribution in [2.45, 2.75) is 25.4 Å². The molecule has 0 radical (unpaired) electrons. The molecular weight excluding hydrogens is 348 g/mol. The Bertz CT molecular complexity index is 814. The summed E-state index contributed by atoms with van der Waals surface area (Å²) in [5.74, 6) is -0.999. The fraction of sp³-hybridized carbons (Fsp3) is 0.381. The van der Waals surface area contributed by atoms with Gasteiger partial charge in [0.25, 0.3) is 0 Å². The Kier molecular flexibility index (Phi) is 5.07. The molecule has 2 amide bonds. The number of benzene rings is 2. The molecule has 2 aromatic rings. The van der Waals surface area contributed by atoms with Crippen LogP contribution >= 0.6 is 0 Å². The average molecular weight is 371 g/mol. The van der Waals surface area contributed by atoms with E-state index in [1.165, 1.54) is 11.6 Å². The molecule has 5 rings (SSSR count). The number of amides is 2. The van der Waals surface area contributed by atoms with Crippen LogP contribution in [0.5, 0.6) is 0 Å². The van der Waals surface area contributed by atoms with Crippen LogP contribution in [0.25, 0.3) is 0 Å². The smallest absolute Gasteiger partial charge is 0.320 e. The maximum Gasteiger partial charge on any atom is 0.322 e. The highest BCUT2D eigenvalue weighted by Crippen LogP contribution is 2.29. The molecule has 6 heteroatoms. The van der Waals surface area contributed by atoms with Crippen molar-refractivity contribution >= 4 is 11.7 Å². The van der Waals surface area contributed by atoms with Gasteiger partial charge in [0.1, 0.15) is 11.6 Å². The van der Waals surface area contributed by atoms with Crippen LogP contribution in [-0.4, -0.2) is 41.5 Å². The van der Waals surface area contributed by atoms with Crippen LogP contribution < -0.4 is 5.32 Å². The van der Waals surface area contributed by atoms with Gasteiger partial charge in [0.15, 0.2) is 0 Å². The summed E-state index contributed by atoms with van der Waals surface area (Å²) in [5.41, 5.74) is 1.28. The largest absolute Gasteiger partial charge is 0.322 e. The predicted octanol–water partition coefficient (Wildman–Crippen LogP) is 4.09. The van der Waals surface area contributed by atoms with E-state index in [1.54, 1.807) is 0 Å². The number of carbonyl (C=O) groups excluding carboxylic acids is 1. The van der Waals surface area contributed by atoms with E-state index < -0.39 is 11.6 Å². The second-order valence-electron chi connectivity index (χ2n) is 7.48. The zero-order valence-corrected chi connectivity index (χ0v) is 15.1. The minimum absolute atomic E-state index is 0.0164. The van der Waals surface area contributed by atoms with E-state index in [4.69, 9.17) is 0 Å². The van der Waals surface area contributed by atoms with E-state index in [0.717, 1.165) is 44.6 Å². The van der Waals surface area contributed by atoms with E-state index in [9.17, 15) is 13.6 Å². The summed E-state index contributed by atoms with van der Waals surface area (Å²) in [5, 5.41) is 2.61. The zero-order chi connectivity index (χ0) is 18.8. The van der Waals surface area contributed by atoms with Gasteiger partial charge in [-0.25, -0.2) is 13.6 Å². The molecule has 3 aliphatic rings. The molecule has 142 valence electrons. The van der Waals surface area contributed by atoms with Gasteiger partial charge < -0.3 is 10.2 Å². The second kappa shape index (κ2) is 7.64. The molecule has 3 aliphatic heterocycles. The number of carbonyl (C=O) groups is 1. The van der Waals surface area contributed by atoms with Crippen molar-refractivity contribution in [1.29, 1.82) is 0 Å². The number of hydrogen-bond acceptors (Lipinski definition) is 2. The first kappa shape index (κ1) is 17.9. The lowest BCUT2D eigenvalue weighted by atomic mass is 9.95. The summed E-state index contributed by atoms with van der Waals surface area (Å²) in [6.45, 7) is 3.31. The van der Waals surface area contributed by atoms with Gasteiger partial charge in [-0.05, 0) is 36.5 Å². The summed E-state index contributed by atoms with van der Waals surface area (Å²) in [4.78, 5) is 17.0. The maximum absolute atomic E-state index is 13.9. The van der Waals surface area contributed by atoms with E-state index in [1.807, 2.05) is 23.1 Å². The molecule has 3 heterocycles. The zero-order valence-electron chi connectivity index (χ0n) is 15.1. The monoisotopic (exact) mass is 371 g/mol. The fourth-order valence-electron chi connectivity index (χ4n) is 4.18. The Balaban J connectivity index is 1.44. The molecular formula is C21H23F2N3O. The van der Waals surface area contributed by atoms with Gasteiger partial charge in [0.2, 0.25) is 0 Å². The van der Waals surface area contributed by atoms with E-state index in [0.29, 0.717) is 12.5 Å². The van der Waals surface area contributed by atoms with Crippen LogP contribution in [0.15, 0.2) is 48.5 Å². The Labute approximate surface area is 157 Å². The lowest BCUT2D eigenvalue weighted by molar-refractivity contribution is 0.151. The van der Waals surface area contributed by atoms with Crippen molar-refractivity contribution < 1.29 is 13.6 Å². The highest BCUT2D eigenvalue weighted by Gasteiger charge is 2.37. The Morgan fingerprint density at radius 3 is 2.63 bits per heavy atom. The van der Waals surface area contributed by atoms with Crippen LogP contribution in [-0.2, 0) is 6.54 Å². The van der Waals surface area contributed by atoms with Crippen LogP contribution in [0, 0.1) is 17.6 Å². The summed E-state index contributed by atoms with van der Waals surface area (Å²) in [6, 6.07) is 13.3. The molecule has 3 fully saturated rings. The summed E-state index contributed by atoms with van der Waals surface area (Å²) in [6.07, 6.45) is 2.06. The molecule has 2 bridgehead atoms. The number of urea groups is 1. The van der Waals surface area contributed by atoms with Crippen LogP contribution in [0.2, 0.25) is 0 Å². The summed E-state index contributed by atoms with van der Waals surface area (Å²) < 4.78 is 26.9. The SMILES string of the molecule is O=C(Nc1ccc(F)cc1F)N1C[C@@H]2CC[C@H]1CN(Cc1ccccc1)C2. The van der Waals surface area contributed by atoms with Gasteiger partial charge in [-0.2, -0.15) is 0 Å². The minimum atomic E-state index is -0.756. The number of rotatable bonds is 3. The third-order valence-electron chi connectivity index (χ3n) is 5.47. The molecule has 27 heavy (non-hydrogen) atoms. The Morgan fingerprint density at radius 1 is 1.04 bits per heavy atom. The molecule has 3 saturated heterocycles. The van der Waals surface area contributed by atoms with Gasteiger partial charge >= 0.3 is 6.03 Å². The van der Waals surface area contributed by atoms with Gasteiger partial charge in [-0.15, -0.1) is 0 Å². The molecule has 0 saturated carbocycles. The summed E-state index contributed by atoms with van der Waals surface area (Å²) >= 11 is 0. The molecule has 2 atom stereocenters. The van der Waals surface area contributed by atoms with Crippen LogP contribution in [0.4, 0.5) is 19.3 Å². The quantitative estimate of drug-likeness (QED) is 0.882. The number of hydrogen-bond donors (Lipinski definition) is 1.